The van der Waals surface area contributed by atoms with Crippen LogP contribution in [0.1, 0.15) is 49.4 Å². The summed E-state index contributed by atoms with van der Waals surface area (Å²) in [7, 11) is 0. The van der Waals surface area contributed by atoms with E-state index in [1.54, 1.807) is 13.1 Å². The summed E-state index contributed by atoms with van der Waals surface area (Å²) >= 11 is 6.02. The van der Waals surface area contributed by atoms with E-state index in [1.165, 1.54) is 12.1 Å². The maximum Gasteiger partial charge on any atom is 0.170 e. The quantitative estimate of drug-likeness (QED) is 0.327. The van der Waals surface area contributed by atoms with Crippen LogP contribution in [-0.2, 0) is 0 Å². The molecule has 37 heavy (non-hydrogen) atoms. The number of carbonyl (C=O) groups is 1. The number of halogens is 3. The molecule has 6 nitrogen and oxygen atoms in total. The van der Waals surface area contributed by atoms with Crippen molar-refractivity contribution < 1.29 is 14.3 Å². The van der Waals surface area contributed by atoms with E-state index in [0.717, 1.165) is 73.9 Å². The zero-order valence-electron chi connectivity index (χ0n) is 20.8. The molecule has 1 unspecified atom stereocenters. The number of rotatable bonds is 6. The van der Waals surface area contributed by atoms with Crippen LogP contribution in [0.2, 0.25) is 5.02 Å². The number of nitrogens with one attached hydrogen (secondary N) is 1. The Morgan fingerprint density at radius 2 is 1.95 bits per heavy atom. The van der Waals surface area contributed by atoms with Gasteiger partial charge in [-0.1, -0.05) is 17.7 Å². The lowest BCUT2D eigenvalue weighted by molar-refractivity contribution is 0.101. The number of aromatic nitrogens is 1. The van der Waals surface area contributed by atoms with Crippen LogP contribution >= 0.6 is 24.0 Å². The van der Waals surface area contributed by atoms with Crippen LogP contribution in [0.4, 0.5) is 10.1 Å². The standard InChI is InChI=1S/C28H32ClFN4O2.ClH/c1-16(35)23-13-32-26-7-4-18(19-11-24(29)28(36)25(30)12-19)10-22(26)27(23)33-21-5-2-17(3-6-21)14-34-9-8-20(31)15-34;/h4,7,10-13,17,20-21,36H,2-3,5-6,8-9,14-15,31H2,1H3,(H,32,33);1H/t17-,20?,21-;. The van der Waals surface area contributed by atoms with Crippen molar-refractivity contribution in [2.24, 2.45) is 11.7 Å². The Morgan fingerprint density at radius 3 is 2.59 bits per heavy atom. The molecule has 9 heteroatoms. The third kappa shape index (κ3) is 6.01. The number of ketones is 1. The lowest BCUT2D eigenvalue weighted by Crippen LogP contribution is -2.34. The Bertz CT molecular complexity index is 1270. The van der Waals surface area contributed by atoms with Crippen LogP contribution in [0.5, 0.6) is 5.75 Å². The predicted octanol–water partition coefficient (Wildman–Crippen LogP) is 6.03. The Labute approximate surface area is 227 Å². The van der Waals surface area contributed by atoms with Crippen LogP contribution in [0.25, 0.3) is 22.0 Å². The summed E-state index contributed by atoms with van der Waals surface area (Å²) in [6, 6.07) is 8.96. The number of phenols is 1. The summed E-state index contributed by atoms with van der Waals surface area (Å²) in [6.07, 6.45) is 7.06. The number of hydrogen-bond acceptors (Lipinski definition) is 6. The van der Waals surface area contributed by atoms with E-state index in [9.17, 15) is 14.3 Å². The minimum absolute atomic E-state index is 0. The van der Waals surface area contributed by atoms with Gasteiger partial charge in [-0.25, -0.2) is 4.39 Å². The molecule has 0 bridgehead atoms. The number of aromatic hydroxyl groups is 1. The molecule has 198 valence electrons. The highest BCUT2D eigenvalue weighted by atomic mass is 35.5. The van der Waals surface area contributed by atoms with Gasteiger partial charge in [0.2, 0.25) is 0 Å². The van der Waals surface area contributed by atoms with Crippen LogP contribution in [-0.4, -0.2) is 52.5 Å². The van der Waals surface area contributed by atoms with Gasteiger partial charge in [0.25, 0.3) is 0 Å². The Kier molecular flexibility index (Phi) is 8.59. The lowest BCUT2D eigenvalue weighted by atomic mass is 9.85. The lowest BCUT2D eigenvalue weighted by Gasteiger charge is -2.32. The SMILES string of the molecule is CC(=O)c1cnc2ccc(-c3cc(F)c(O)c(Cl)c3)cc2c1N[C@H]1CC[C@H](CN2CCC(N)C2)CC1.Cl. The van der Waals surface area contributed by atoms with Crippen LogP contribution in [0.3, 0.4) is 0 Å². The van der Waals surface area contributed by atoms with Gasteiger partial charge in [-0.3, -0.25) is 9.78 Å². The van der Waals surface area contributed by atoms with Gasteiger partial charge in [0.05, 0.1) is 21.8 Å². The minimum Gasteiger partial charge on any atom is -0.504 e. The number of likely N-dealkylation sites (tertiary alicyclic amines) is 1. The molecule has 1 aromatic heterocycles. The van der Waals surface area contributed by atoms with Gasteiger partial charge < -0.3 is 21.1 Å². The predicted molar refractivity (Wildman–Crippen MR) is 149 cm³/mol. The second kappa shape index (κ2) is 11.5. The van der Waals surface area contributed by atoms with Gasteiger partial charge in [-0.2, -0.15) is 0 Å². The molecule has 1 aliphatic heterocycles. The Morgan fingerprint density at radius 1 is 1.19 bits per heavy atom. The molecule has 1 saturated carbocycles. The van der Waals surface area contributed by atoms with E-state index in [4.69, 9.17) is 17.3 Å². The van der Waals surface area contributed by atoms with Crippen molar-refractivity contribution in [3.8, 4) is 16.9 Å². The van der Waals surface area contributed by atoms with E-state index in [0.29, 0.717) is 23.1 Å². The van der Waals surface area contributed by atoms with Crippen LogP contribution < -0.4 is 11.1 Å². The monoisotopic (exact) mass is 546 g/mol. The van der Waals surface area contributed by atoms with Gasteiger partial charge in [0.15, 0.2) is 17.3 Å². The Balaban J connectivity index is 0.00000320. The normalized spacial score (nSPS) is 22.1. The van der Waals surface area contributed by atoms with Gasteiger partial charge in [0.1, 0.15) is 0 Å². The molecular weight excluding hydrogens is 514 g/mol. The number of Topliss-reactive ketones (excluding diaryl/α,β-unsaturated/α-hetero) is 1. The van der Waals surface area contributed by atoms with Crippen LogP contribution in [0, 0.1) is 11.7 Å². The summed E-state index contributed by atoms with van der Waals surface area (Å²) in [5.74, 6) is -0.725. The fourth-order valence-electron chi connectivity index (χ4n) is 5.61. The maximum absolute atomic E-state index is 14.2. The molecular formula is C28H33Cl2FN4O2. The molecule has 2 aromatic carbocycles. The van der Waals surface area contributed by atoms with Crippen molar-refractivity contribution in [2.75, 3.05) is 25.0 Å². The first-order valence-electron chi connectivity index (χ1n) is 12.6. The number of nitrogens with zero attached hydrogens (tertiary/aromatic N) is 2. The molecule has 0 amide bonds. The summed E-state index contributed by atoms with van der Waals surface area (Å²) in [4.78, 5) is 19.5. The molecule has 2 aliphatic rings. The molecule has 5 rings (SSSR count). The van der Waals surface area contributed by atoms with Crippen molar-refractivity contribution >= 4 is 46.4 Å². The minimum atomic E-state index is -0.778. The highest BCUT2D eigenvalue weighted by molar-refractivity contribution is 6.32. The van der Waals surface area contributed by atoms with Crippen LogP contribution in [0.15, 0.2) is 36.5 Å². The number of nitrogens with two attached hydrogens (primary N) is 1. The number of anilines is 1. The molecule has 0 spiro atoms. The van der Waals surface area contributed by atoms with E-state index in [2.05, 4.69) is 15.2 Å². The fourth-order valence-corrected chi connectivity index (χ4v) is 5.82. The molecule has 2 heterocycles. The van der Waals surface area contributed by atoms with Gasteiger partial charge in [0, 0.05) is 36.8 Å². The molecule has 1 saturated heterocycles. The van der Waals surface area contributed by atoms with Crippen molar-refractivity contribution in [1.29, 1.82) is 0 Å². The van der Waals surface area contributed by atoms with Crippen molar-refractivity contribution in [2.45, 2.75) is 51.1 Å². The molecule has 4 N–H and O–H groups in total. The summed E-state index contributed by atoms with van der Waals surface area (Å²) < 4.78 is 14.2. The van der Waals surface area contributed by atoms with Gasteiger partial charge >= 0.3 is 0 Å². The van der Waals surface area contributed by atoms with E-state index in [1.807, 2.05) is 18.2 Å². The second-order valence-electron chi connectivity index (χ2n) is 10.3. The number of carbonyl (C=O) groups excluding carboxylic acids is 1. The largest absolute Gasteiger partial charge is 0.504 e. The van der Waals surface area contributed by atoms with Crippen molar-refractivity contribution in [1.82, 2.24) is 9.88 Å². The smallest absolute Gasteiger partial charge is 0.170 e. The fraction of sp³-hybridized carbons (Fsp3) is 0.429. The number of pyridine rings is 1. The first kappa shape index (κ1) is 27.6. The zero-order valence-corrected chi connectivity index (χ0v) is 22.4. The average molecular weight is 548 g/mol. The third-order valence-electron chi connectivity index (χ3n) is 7.62. The zero-order chi connectivity index (χ0) is 25.4. The number of hydrogen-bond donors (Lipinski definition) is 3. The number of fused-ring (bicyclic) bond motifs is 1. The van der Waals surface area contributed by atoms with Crippen molar-refractivity contribution in [3.05, 3.63) is 52.9 Å². The number of benzene rings is 2. The van der Waals surface area contributed by atoms with E-state index in [-0.39, 0.29) is 29.3 Å². The third-order valence-corrected chi connectivity index (χ3v) is 7.91. The number of phenolic OH excluding ortho intramolecular Hbond substituents is 1. The topological polar surface area (TPSA) is 91.5 Å². The summed E-state index contributed by atoms with van der Waals surface area (Å²) in [5, 5.41) is 14.1. The molecule has 1 atom stereocenters. The summed E-state index contributed by atoms with van der Waals surface area (Å²) in [6.45, 7) is 4.77. The molecule has 0 radical (unpaired) electrons. The average Bonchev–Trinajstić information content (AvgIpc) is 3.27. The van der Waals surface area contributed by atoms with E-state index < -0.39 is 11.6 Å². The first-order valence-corrected chi connectivity index (χ1v) is 13.0. The molecule has 2 fully saturated rings. The summed E-state index contributed by atoms with van der Waals surface area (Å²) in [5.41, 5.74) is 9.40. The molecule has 1 aliphatic carbocycles. The van der Waals surface area contributed by atoms with Gasteiger partial charge in [-0.15, -0.1) is 12.4 Å². The first-order chi connectivity index (χ1) is 17.3. The highest BCUT2D eigenvalue weighted by Gasteiger charge is 2.27. The molecule has 3 aromatic rings. The maximum atomic E-state index is 14.2. The van der Waals surface area contributed by atoms with Crippen molar-refractivity contribution in [3.63, 3.8) is 0 Å². The van der Waals surface area contributed by atoms with Gasteiger partial charge in [-0.05, 0) is 86.9 Å². The highest BCUT2D eigenvalue weighted by Crippen LogP contribution is 2.37. The van der Waals surface area contributed by atoms with E-state index >= 15 is 0 Å². The Hall–Kier alpha value is -2.45. The second-order valence-corrected chi connectivity index (χ2v) is 10.7.